The third kappa shape index (κ3) is 1.45. The van der Waals surface area contributed by atoms with Crippen LogP contribution in [0.1, 0.15) is 33.6 Å². The Labute approximate surface area is 57.6 Å². The Morgan fingerprint density at radius 2 is 2.11 bits per heavy atom. The maximum Gasteiger partial charge on any atom is 0.00993 e. The Bertz CT molecular complexity index is 109. The molecular weight excluding hydrogens is 110 g/mol. The molecule has 0 heterocycles. The summed E-state index contributed by atoms with van der Waals surface area (Å²) in [5, 5.41) is 0. The van der Waals surface area contributed by atoms with Crippen molar-refractivity contribution in [1.29, 1.82) is 0 Å². The van der Waals surface area contributed by atoms with E-state index < -0.39 is 0 Å². The van der Waals surface area contributed by atoms with Crippen LogP contribution in [0.5, 0.6) is 0 Å². The predicted octanol–water partition coefficient (Wildman–Crippen LogP) is 1.77. The van der Waals surface area contributed by atoms with E-state index in [1.807, 2.05) is 0 Å². The molecule has 0 aromatic rings. The molecule has 9 heavy (non-hydrogen) atoms. The van der Waals surface area contributed by atoms with Crippen molar-refractivity contribution >= 4 is 0 Å². The van der Waals surface area contributed by atoms with E-state index >= 15 is 0 Å². The van der Waals surface area contributed by atoms with Gasteiger partial charge in [-0.3, -0.25) is 0 Å². The summed E-state index contributed by atoms with van der Waals surface area (Å²) in [7, 11) is 0. The second-order valence-corrected chi connectivity index (χ2v) is 4.06. The molecule has 2 N–H and O–H groups in total. The van der Waals surface area contributed by atoms with Gasteiger partial charge in [0, 0.05) is 6.04 Å². The fraction of sp³-hybridized carbons (Fsp3) is 1.00. The van der Waals surface area contributed by atoms with Gasteiger partial charge in [0.25, 0.3) is 0 Å². The average Bonchev–Trinajstić information content (AvgIpc) is 2.10. The molecule has 1 saturated carbocycles. The molecule has 0 saturated heterocycles. The lowest BCUT2D eigenvalue weighted by Crippen LogP contribution is -2.12. The van der Waals surface area contributed by atoms with Crippen LogP contribution in [0, 0.1) is 11.3 Å². The van der Waals surface area contributed by atoms with Crippen LogP contribution in [0.15, 0.2) is 0 Å². The molecule has 0 aromatic carbocycles. The predicted molar refractivity (Wildman–Crippen MR) is 40.2 cm³/mol. The number of hydrogen-bond acceptors (Lipinski definition) is 1. The van der Waals surface area contributed by atoms with Gasteiger partial charge >= 0.3 is 0 Å². The summed E-state index contributed by atoms with van der Waals surface area (Å²) in [6, 6.07) is 0.500. The summed E-state index contributed by atoms with van der Waals surface area (Å²) in [4.78, 5) is 0. The van der Waals surface area contributed by atoms with Crippen molar-refractivity contribution in [3.05, 3.63) is 0 Å². The SMILES string of the molecule is CC(C)C[C@@]1(C)C[C@@H]1N. The molecule has 0 spiro atoms. The van der Waals surface area contributed by atoms with Gasteiger partial charge in [0.05, 0.1) is 0 Å². The van der Waals surface area contributed by atoms with E-state index in [4.69, 9.17) is 5.73 Å². The van der Waals surface area contributed by atoms with E-state index in [2.05, 4.69) is 20.8 Å². The minimum absolute atomic E-state index is 0.500. The molecule has 1 rings (SSSR count). The lowest BCUT2D eigenvalue weighted by Gasteiger charge is -2.11. The third-order valence-corrected chi connectivity index (χ3v) is 2.30. The van der Waals surface area contributed by atoms with Gasteiger partial charge in [-0.1, -0.05) is 20.8 Å². The average molecular weight is 127 g/mol. The summed E-state index contributed by atoms with van der Waals surface area (Å²) in [5.74, 6) is 0.809. The molecule has 2 atom stereocenters. The van der Waals surface area contributed by atoms with E-state index in [1.54, 1.807) is 0 Å². The summed E-state index contributed by atoms with van der Waals surface area (Å²) in [6.45, 7) is 6.81. The Morgan fingerprint density at radius 1 is 1.67 bits per heavy atom. The molecule has 0 aliphatic heterocycles. The van der Waals surface area contributed by atoms with Crippen molar-refractivity contribution < 1.29 is 0 Å². The monoisotopic (exact) mass is 127 g/mol. The zero-order valence-corrected chi connectivity index (χ0v) is 6.65. The van der Waals surface area contributed by atoms with E-state index in [-0.39, 0.29) is 0 Å². The molecule has 0 aromatic heterocycles. The lowest BCUT2D eigenvalue weighted by molar-refractivity contribution is 0.409. The molecule has 1 aliphatic rings. The molecule has 0 radical (unpaired) electrons. The topological polar surface area (TPSA) is 26.0 Å². The van der Waals surface area contributed by atoms with Gasteiger partial charge in [-0.25, -0.2) is 0 Å². The van der Waals surface area contributed by atoms with Gasteiger partial charge < -0.3 is 5.73 Å². The molecule has 0 bridgehead atoms. The summed E-state index contributed by atoms with van der Waals surface area (Å²) < 4.78 is 0. The maximum atomic E-state index is 5.75. The largest absolute Gasteiger partial charge is 0.327 e. The van der Waals surface area contributed by atoms with Crippen molar-refractivity contribution in [2.75, 3.05) is 0 Å². The summed E-state index contributed by atoms with van der Waals surface area (Å²) in [6.07, 6.45) is 2.54. The zero-order valence-electron chi connectivity index (χ0n) is 6.65. The lowest BCUT2D eigenvalue weighted by atomic mass is 9.96. The zero-order chi connectivity index (χ0) is 7.07. The first-order valence-corrected chi connectivity index (χ1v) is 3.80. The first kappa shape index (κ1) is 7.07. The van der Waals surface area contributed by atoms with Crippen LogP contribution in [0.25, 0.3) is 0 Å². The highest BCUT2D eigenvalue weighted by molar-refractivity contribution is 5.02. The molecule has 1 heteroatoms. The molecular formula is C8H17N. The molecule has 0 unspecified atom stereocenters. The van der Waals surface area contributed by atoms with Gasteiger partial charge in [-0.05, 0) is 24.2 Å². The van der Waals surface area contributed by atoms with Crippen LogP contribution >= 0.6 is 0 Å². The van der Waals surface area contributed by atoms with Crippen molar-refractivity contribution in [3.63, 3.8) is 0 Å². The summed E-state index contributed by atoms with van der Waals surface area (Å²) in [5.41, 5.74) is 6.26. The van der Waals surface area contributed by atoms with Gasteiger partial charge in [0.1, 0.15) is 0 Å². The van der Waals surface area contributed by atoms with Crippen LogP contribution in [0.3, 0.4) is 0 Å². The minimum Gasteiger partial charge on any atom is -0.327 e. The van der Waals surface area contributed by atoms with Crippen LogP contribution in [-0.4, -0.2) is 6.04 Å². The van der Waals surface area contributed by atoms with Crippen molar-refractivity contribution in [1.82, 2.24) is 0 Å². The van der Waals surface area contributed by atoms with E-state index in [9.17, 15) is 0 Å². The van der Waals surface area contributed by atoms with Gasteiger partial charge in [-0.2, -0.15) is 0 Å². The molecule has 1 nitrogen and oxygen atoms in total. The van der Waals surface area contributed by atoms with Crippen LogP contribution in [0.4, 0.5) is 0 Å². The first-order valence-electron chi connectivity index (χ1n) is 3.80. The van der Waals surface area contributed by atoms with Crippen LogP contribution in [0.2, 0.25) is 0 Å². The van der Waals surface area contributed by atoms with E-state index in [0.717, 1.165) is 5.92 Å². The third-order valence-electron chi connectivity index (χ3n) is 2.30. The highest BCUT2D eigenvalue weighted by atomic mass is 14.8. The Hall–Kier alpha value is -0.0400. The standard InChI is InChI=1S/C8H17N/c1-6(2)4-8(3)5-7(8)9/h6-7H,4-5,9H2,1-3H3/t7-,8-/m0/s1. The maximum absolute atomic E-state index is 5.75. The highest BCUT2D eigenvalue weighted by Crippen LogP contribution is 2.48. The molecule has 54 valence electrons. The van der Waals surface area contributed by atoms with Crippen molar-refractivity contribution in [2.45, 2.75) is 39.7 Å². The summed E-state index contributed by atoms with van der Waals surface area (Å²) >= 11 is 0. The minimum atomic E-state index is 0.500. The smallest absolute Gasteiger partial charge is 0.00993 e. The number of nitrogens with two attached hydrogens (primary N) is 1. The van der Waals surface area contributed by atoms with Crippen molar-refractivity contribution in [3.8, 4) is 0 Å². The highest BCUT2D eigenvalue weighted by Gasteiger charge is 2.47. The van der Waals surface area contributed by atoms with Gasteiger partial charge in [0.15, 0.2) is 0 Å². The fourth-order valence-electron chi connectivity index (χ4n) is 1.61. The number of rotatable bonds is 2. The van der Waals surface area contributed by atoms with Crippen LogP contribution in [-0.2, 0) is 0 Å². The number of hydrogen-bond donors (Lipinski definition) is 1. The normalized spacial score (nSPS) is 41.7. The molecule has 1 aliphatic carbocycles. The Kier molecular flexibility index (Phi) is 1.55. The second-order valence-electron chi connectivity index (χ2n) is 4.06. The second kappa shape index (κ2) is 1.98. The fourth-order valence-corrected chi connectivity index (χ4v) is 1.61. The van der Waals surface area contributed by atoms with Gasteiger partial charge in [-0.15, -0.1) is 0 Å². The van der Waals surface area contributed by atoms with E-state index in [0.29, 0.717) is 11.5 Å². The quantitative estimate of drug-likeness (QED) is 0.601. The Balaban J connectivity index is 2.29. The van der Waals surface area contributed by atoms with E-state index in [1.165, 1.54) is 12.8 Å². The molecule has 0 amide bonds. The van der Waals surface area contributed by atoms with Crippen LogP contribution < -0.4 is 5.73 Å². The Morgan fingerprint density at radius 3 is 2.22 bits per heavy atom. The van der Waals surface area contributed by atoms with Crippen molar-refractivity contribution in [2.24, 2.45) is 17.1 Å². The molecule has 1 fully saturated rings. The van der Waals surface area contributed by atoms with Gasteiger partial charge in [0.2, 0.25) is 0 Å². The first-order chi connectivity index (χ1) is 4.04.